The first kappa shape index (κ1) is 30.7. The molecule has 0 fully saturated rings. The highest BCUT2D eigenvalue weighted by atomic mass is 32.1. The lowest BCUT2D eigenvalue weighted by molar-refractivity contribution is 1.15. The number of para-hydroxylation sites is 2. The van der Waals surface area contributed by atoms with Crippen LogP contribution in [0.25, 0.3) is 106 Å². The smallest absolute Gasteiger partial charge is 0.0991 e. The van der Waals surface area contributed by atoms with Gasteiger partial charge >= 0.3 is 0 Å². The molecular formula is C50H29N3S2. The van der Waals surface area contributed by atoms with Gasteiger partial charge in [-0.25, -0.2) is 0 Å². The van der Waals surface area contributed by atoms with Gasteiger partial charge in [-0.15, -0.1) is 22.7 Å². The normalized spacial score (nSPS) is 12.1. The SMILES string of the molecule is Cc1ccc(-c2cc(C#N)ccc2-n2c3ccccc3c3c4sc5ccccc5c4ccc32)c(-n2c3ccccc3c3c4sc5ccccc5c4ccc32)c1. The Hall–Kier alpha value is -6.71. The number of benzene rings is 8. The second-order valence-electron chi connectivity index (χ2n) is 14.4. The summed E-state index contributed by atoms with van der Waals surface area (Å²) < 4.78 is 10.1. The summed E-state index contributed by atoms with van der Waals surface area (Å²) in [6.07, 6.45) is 0. The molecule has 3 nitrogen and oxygen atoms in total. The van der Waals surface area contributed by atoms with Crippen LogP contribution in [0.15, 0.2) is 158 Å². The molecule has 256 valence electrons. The second kappa shape index (κ2) is 11.4. The zero-order chi connectivity index (χ0) is 36.4. The van der Waals surface area contributed by atoms with E-state index in [-0.39, 0.29) is 0 Å². The van der Waals surface area contributed by atoms with E-state index in [9.17, 15) is 5.26 Å². The standard InChI is InChI=1S/C50H29N3S2/c1-29-18-20-31(44(26-29)53-40-15-7-3-13-37(40)48-43(53)25-22-35-33-11-5-9-17-46(33)55-50(35)48)38-27-30(28-51)19-23-41(38)52-39-14-6-2-12-36(39)47-42(52)24-21-34-32-10-4-8-16-45(32)54-49(34)47/h2-27H,1H3. The summed E-state index contributed by atoms with van der Waals surface area (Å²) in [7, 11) is 0. The Labute approximate surface area is 323 Å². The molecule has 0 saturated carbocycles. The van der Waals surface area contributed by atoms with Crippen LogP contribution in [0.1, 0.15) is 11.1 Å². The van der Waals surface area contributed by atoms with Gasteiger partial charge in [0.2, 0.25) is 0 Å². The average molecular weight is 736 g/mol. The van der Waals surface area contributed by atoms with Crippen molar-refractivity contribution in [1.29, 1.82) is 5.26 Å². The molecule has 4 heterocycles. The quantitative estimate of drug-likeness (QED) is 0.178. The van der Waals surface area contributed by atoms with Crippen LogP contribution in [-0.4, -0.2) is 9.13 Å². The van der Waals surface area contributed by atoms with E-state index in [0.29, 0.717) is 5.56 Å². The maximum Gasteiger partial charge on any atom is 0.0991 e. The molecule has 0 radical (unpaired) electrons. The molecule has 12 rings (SSSR count). The number of aryl methyl sites for hydroxylation is 1. The third-order valence-corrected chi connectivity index (χ3v) is 13.8. The summed E-state index contributed by atoms with van der Waals surface area (Å²) in [6.45, 7) is 2.17. The number of fused-ring (bicyclic) bond motifs is 14. The van der Waals surface area contributed by atoms with E-state index in [1.165, 1.54) is 73.0 Å². The second-order valence-corrected chi connectivity index (χ2v) is 16.5. The van der Waals surface area contributed by atoms with E-state index in [0.717, 1.165) is 39.1 Å². The van der Waals surface area contributed by atoms with Gasteiger partial charge in [-0.2, -0.15) is 5.26 Å². The first-order chi connectivity index (χ1) is 27.2. The first-order valence-electron chi connectivity index (χ1n) is 18.5. The molecule has 8 aromatic carbocycles. The monoisotopic (exact) mass is 735 g/mol. The summed E-state index contributed by atoms with van der Waals surface area (Å²) >= 11 is 3.74. The maximum absolute atomic E-state index is 10.3. The first-order valence-corrected chi connectivity index (χ1v) is 20.1. The number of aromatic nitrogens is 2. The lowest BCUT2D eigenvalue weighted by Crippen LogP contribution is -2.02. The van der Waals surface area contributed by atoms with Crippen LogP contribution in [0.2, 0.25) is 0 Å². The van der Waals surface area contributed by atoms with E-state index in [4.69, 9.17) is 0 Å². The van der Waals surface area contributed by atoms with Crippen LogP contribution < -0.4 is 0 Å². The van der Waals surface area contributed by atoms with Gasteiger partial charge in [0.05, 0.1) is 45.1 Å². The molecule has 55 heavy (non-hydrogen) atoms. The predicted molar refractivity (Wildman–Crippen MR) is 236 cm³/mol. The van der Waals surface area contributed by atoms with Crippen LogP contribution in [0.3, 0.4) is 0 Å². The highest BCUT2D eigenvalue weighted by molar-refractivity contribution is 7.27. The Bertz CT molecular complexity index is 3640. The third kappa shape index (κ3) is 4.24. The van der Waals surface area contributed by atoms with Crippen molar-refractivity contribution in [2.24, 2.45) is 0 Å². The van der Waals surface area contributed by atoms with Crippen LogP contribution >= 0.6 is 22.7 Å². The summed E-state index contributed by atoms with van der Waals surface area (Å²) in [5.74, 6) is 0. The topological polar surface area (TPSA) is 33.6 Å². The fraction of sp³-hybridized carbons (Fsp3) is 0.0200. The Balaban J connectivity index is 1.19. The molecular weight excluding hydrogens is 707 g/mol. The van der Waals surface area contributed by atoms with Gasteiger partial charge in [0.1, 0.15) is 0 Å². The van der Waals surface area contributed by atoms with Crippen molar-refractivity contribution in [3.8, 4) is 28.6 Å². The van der Waals surface area contributed by atoms with Crippen molar-refractivity contribution in [3.63, 3.8) is 0 Å². The highest BCUT2D eigenvalue weighted by Gasteiger charge is 2.23. The van der Waals surface area contributed by atoms with E-state index < -0.39 is 0 Å². The number of nitriles is 1. The van der Waals surface area contributed by atoms with Crippen LogP contribution in [-0.2, 0) is 0 Å². The Kier molecular flexibility index (Phi) is 6.37. The largest absolute Gasteiger partial charge is 0.309 e. The maximum atomic E-state index is 10.3. The van der Waals surface area contributed by atoms with Gasteiger partial charge in [-0.3, -0.25) is 0 Å². The molecule has 0 spiro atoms. The summed E-state index contributed by atoms with van der Waals surface area (Å²) in [5.41, 5.74) is 10.7. The molecule has 12 aromatic rings. The highest BCUT2D eigenvalue weighted by Crippen LogP contribution is 2.47. The summed E-state index contributed by atoms with van der Waals surface area (Å²) in [6, 6.07) is 59.6. The zero-order valence-electron chi connectivity index (χ0n) is 29.7. The van der Waals surface area contributed by atoms with E-state index in [2.05, 4.69) is 174 Å². The molecule has 0 atom stereocenters. The number of hydrogen-bond donors (Lipinski definition) is 0. The van der Waals surface area contributed by atoms with E-state index in [1.807, 2.05) is 28.7 Å². The summed E-state index contributed by atoms with van der Waals surface area (Å²) in [4.78, 5) is 0. The fourth-order valence-corrected chi connectivity index (χ4v) is 11.6. The molecule has 0 N–H and O–H groups in total. The van der Waals surface area contributed by atoms with E-state index >= 15 is 0 Å². The minimum atomic E-state index is 0.632. The molecule has 0 unspecified atom stereocenters. The van der Waals surface area contributed by atoms with Crippen molar-refractivity contribution >= 4 is 107 Å². The molecule has 5 heteroatoms. The van der Waals surface area contributed by atoms with Gasteiger partial charge in [0, 0.05) is 73.0 Å². The molecule has 4 aromatic heterocycles. The number of thiophene rings is 2. The zero-order valence-corrected chi connectivity index (χ0v) is 31.3. The van der Waals surface area contributed by atoms with Gasteiger partial charge in [-0.05, 0) is 73.2 Å². The van der Waals surface area contributed by atoms with Crippen molar-refractivity contribution in [1.82, 2.24) is 9.13 Å². The molecule has 0 aliphatic heterocycles. The Morgan fingerprint density at radius 3 is 1.55 bits per heavy atom. The summed E-state index contributed by atoms with van der Waals surface area (Å²) in [5, 5.41) is 20.5. The van der Waals surface area contributed by atoms with Crippen molar-refractivity contribution in [2.45, 2.75) is 6.92 Å². The lowest BCUT2D eigenvalue weighted by Gasteiger charge is -2.19. The molecule has 0 bridgehead atoms. The molecule has 0 aliphatic rings. The van der Waals surface area contributed by atoms with Gasteiger partial charge < -0.3 is 9.13 Å². The number of rotatable bonds is 3. The van der Waals surface area contributed by atoms with Gasteiger partial charge in [-0.1, -0.05) is 97.1 Å². The molecule has 0 amide bonds. The van der Waals surface area contributed by atoms with Crippen molar-refractivity contribution in [3.05, 3.63) is 169 Å². The minimum Gasteiger partial charge on any atom is -0.309 e. The van der Waals surface area contributed by atoms with E-state index in [1.54, 1.807) is 0 Å². The number of hydrogen-bond acceptors (Lipinski definition) is 3. The van der Waals surface area contributed by atoms with Crippen LogP contribution in [0, 0.1) is 18.3 Å². The Morgan fingerprint density at radius 1 is 0.436 bits per heavy atom. The molecule has 0 saturated heterocycles. The minimum absolute atomic E-state index is 0.632. The van der Waals surface area contributed by atoms with Gasteiger partial charge in [0.25, 0.3) is 0 Å². The number of nitrogens with zero attached hydrogens (tertiary/aromatic N) is 3. The van der Waals surface area contributed by atoms with Crippen LogP contribution in [0.5, 0.6) is 0 Å². The fourth-order valence-electron chi connectivity index (χ4n) is 9.06. The van der Waals surface area contributed by atoms with Crippen molar-refractivity contribution < 1.29 is 0 Å². The van der Waals surface area contributed by atoms with Crippen molar-refractivity contribution in [2.75, 3.05) is 0 Å². The molecule has 0 aliphatic carbocycles. The predicted octanol–water partition coefficient (Wildman–Crippen LogP) is 14.5. The lowest BCUT2D eigenvalue weighted by atomic mass is 9.97. The average Bonchev–Trinajstić information content (AvgIpc) is 3.98. The van der Waals surface area contributed by atoms with Gasteiger partial charge in [0.15, 0.2) is 0 Å². The third-order valence-electron chi connectivity index (χ3n) is 11.4. The Morgan fingerprint density at radius 2 is 0.964 bits per heavy atom. The van der Waals surface area contributed by atoms with Crippen LogP contribution in [0.4, 0.5) is 0 Å².